The van der Waals surface area contributed by atoms with Crippen LogP contribution < -0.4 is 0 Å². The summed E-state index contributed by atoms with van der Waals surface area (Å²) in [5.74, 6) is 0. The Morgan fingerprint density at radius 2 is 0.808 bits per heavy atom. The van der Waals surface area contributed by atoms with Crippen molar-refractivity contribution < 1.29 is 0 Å². The van der Waals surface area contributed by atoms with E-state index in [2.05, 4.69) is 20.8 Å². The van der Waals surface area contributed by atoms with Crippen molar-refractivity contribution in [2.45, 2.75) is 149 Å². The summed E-state index contributed by atoms with van der Waals surface area (Å²) in [7, 11) is 0. The Labute approximate surface area is 168 Å². The van der Waals surface area contributed by atoms with Crippen molar-refractivity contribution in [3.63, 3.8) is 0 Å². The molecule has 0 heteroatoms. The molecule has 0 N–H and O–H groups in total. The fourth-order valence-electron chi connectivity index (χ4n) is 3.24. The molecule has 26 heavy (non-hydrogen) atoms. The molecule has 0 aliphatic rings. The summed E-state index contributed by atoms with van der Waals surface area (Å²) in [6.07, 6.45) is 30.9. The normalized spacial score (nSPS) is 10.4. The predicted octanol–water partition coefficient (Wildman–Crippen LogP) is 10.0. The topological polar surface area (TPSA) is 0 Å². The SMILES string of the molecule is [CH2]CCCCCCCCCCCCCCCCC.[CH]=CCCCCCC. The highest BCUT2D eigenvalue weighted by molar-refractivity contribution is 4.61. The van der Waals surface area contributed by atoms with Gasteiger partial charge in [-0.1, -0.05) is 155 Å². The van der Waals surface area contributed by atoms with Crippen molar-refractivity contribution in [2.24, 2.45) is 0 Å². The van der Waals surface area contributed by atoms with E-state index in [1.165, 1.54) is 122 Å². The third kappa shape index (κ3) is 31.5. The van der Waals surface area contributed by atoms with Gasteiger partial charge in [-0.3, -0.25) is 0 Å². The van der Waals surface area contributed by atoms with Crippen molar-refractivity contribution in [3.05, 3.63) is 19.6 Å². The summed E-state index contributed by atoms with van der Waals surface area (Å²) in [6, 6.07) is 0. The molecule has 0 nitrogen and oxygen atoms in total. The van der Waals surface area contributed by atoms with Crippen LogP contribution in [0.5, 0.6) is 0 Å². The van der Waals surface area contributed by atoms with E-state index in [0.29, 0.717) is 0 Å². The molecule has 0 aromatic carbocycles. The fraction of sp³-hybridized carbons (Fsp3) is 0.885. The van der Waals surface area contributed by atoms with Crippen molar-refractivity contribution in [2.75, 3.05) is 0 Å². The molecular formula is C26H52. The zero-order chi connectivity index (χ0) is 19.6. The average Bonchev–Trinajstić information content (AvgIpc) is 2.66. The maximum Gasteiger partial charge on any atom is -0.0348 e. The van der Waals surface area contributed by atoms with E-state index in [9.17, 15) is 0 Å². The molecule has 0 rings (SSSR count). The van der Waals surface area contributed by atoms with Crippen LogP contribution in [-0.4, -0.2) is 0 Å². The molecule has 0 saturated heterocycles. The predicted molar refractivity (Wildman–Crippen MR) is 123 cm³/mol. The summed E-state index contributed by atoms with van der Waals surface area (Å²) in [4.78, 5) is 0. The fourth-order valence-corrected chi connectivity index (χ4v) is 3.24. The van der Waals surface area contributed by atoms with E-state index >= 15 is 0 Å². The minimum atomic E-state index is 1.08. The van der Waals surface area contributed by atoms with Gasteiger partial charge in [-0.2, -0.15) is 0 Å². The first-order valence-corrected chi connectivity index (χ1v) is 12.2. The first-order chi connectivity index (χ1) is 12.8. The molecule has 0 aromatic rings. The van der Waals surface area contributed by atoms with Gasteiger partial charge >= 0.3 is 0 Å². The maximum atomic E-state index is 5.19. The molecule has 0 fully saturated rings. The summed E-state index contributed by atoms with van der Waals surface area (Å²) < 4.78 is 0. The van der Waals surface area contributed by atoms with Crippen molar-refractivity contribution >= 4 is 0 Å². The van der Waals surface area contributed by atoms with Crippen LogP contribution in [0.15, 0.2) is 6.08 Å². The standard InChI is InChI=1S/C18H37.C8H15/c1-3-5-7-9-11-13-15-17-18-16-14-12-10-8-6-4-2;1-3-5-7-8-6-4-2/h1,3-18H2,2H3;1,3H,4-8H2,2H3. The van der Waals surface area contributed by atoms with Crippen LogP contribution in [0.4, 0.5) is 0 Å². The Bertz CT molecular complexity index is 202. The van der Waals surface area contributed by atoms with Gasteiger partial charge in [-0.05, 0) is 12.8 Å². The quantitative estimate of drug-likeness (QED) is 0.188. The van der Waals surface area contributed by atoms with Crippen molar-refractivity contribution in [3.8, 4) is 0 Å². The molecule has 2 radical (unpaired) electrons. The second kappa shape index (κ2) is 29.5. The first kappa shape index (κ1) is 28.0. The monoisotopic (exact) mass is 364 g/mol. The van der Waals surface area contributed by atoms with E-state index in [-0.39, 0.29) is 0 Å². The van der Waals surface area contributed by atoms with Crippen LogP contribution in [0.25, 0.3) is 0 Å². The van der Waals surface area contributed by atoms with Gasteiger partial charge in [0, 0.05) is 0 Å². The van der Waals surface area contributed by atoms with Gasteiger partial charge in [-0.15, -0.1) is 0 Å². The third-order valence-electron chi connectivity index (χ3n) is 5.08. The molecule has 0 spiro atoms. The average molecular weight is 365 g/mol. The Morgan fingerprint density at radius 3 is 1.12 bits per heavy atom. The zero-order valence-corrected chi connectivity index (χ0v) is 18.7. The molecule has 0 saturated carbocycles. The van der Waals surface area contributed by atoms with Gasteiger partial charge < -0.3 is 0 Å². The van der Waals surface area contributed by atoms with E-state index in [1.807, 2.05) is 0 Å². The minimum absolute atomic E-state index is 1.08. The number of allylic oxidation sites excluding steroid dienone is 1. The Balaban J connectivity index is 0. The van der Waals surface area contributed by atoms with Crippen LogP contribution in [0, 0.1) is 13.5 Å². The summed E-state index contributed by atoms with van der Waals surface area (Å²) >= 11 is 0. The molecule has 0 aliphatic heterocycles. The Hall–Kier alpha value is -0.260. The highest BCUT2D eigenvalue weighted by atomic mass is 14.0. The number of hydrogen-bond donors (Lipinski definition) is 0. The van der Waals surface area contributed by atoms with Crippen LogP contribution in [0.2, 0.25) is 0 Å². The Kier molecular flexibility index (Phi) is 31.7. The molecular weight excluding hydrogens is 312 g/mol. The van der Waals surface area contributed by atoms with Crippen LogP contribution in [0.1, 0.15) is 149 Å². The van der Waals surface area contributed by atoms with Crippen LogP contribution in [-0.2, 0) is 0 Å². The number of rotatable bonds is 20. The lowest BCUT2D eigenvalue weighted by Gasteiger charge is -2.03. The molecule has 0 aliphatic carbocycles. The van der Waals surface area contributed by atoms with E-state index in [4.69, 9.17) is 6.58 Å². The van der Waals surface area contributed by atoms with Crippen LogP contribution in [0.3, 0.4) is 0 Å². The van der Waals surface area contributed by atoms with Gasteiger partial charge in [0.05, 0.1) is 0 Å². The number of unbranched alkanes of at least 4 members (excludes halogenated alkanes) is 19. The van der Waals surface area contributed by atoms with Gasteiger partial charge in [0.2, 0.25) is 0 Å². The molecule has 0 atom stereocenters. The maximum absolute atomic E-state index is 5.19. The zero-order valence-electron chi connectivity index (χ0n) is 18.7. The highest BCUT2D eigenvalue weighted by Gasteiger charge is 1.93. The largest absolute Gasteiger partial charge is 0.0845 e. The Morgan fingerprint density at radius 1 is 0.500 bits per heavy atom. The second-order valence-corrected chi connectivity index (χ2v) is 7.89. The van der Waals surface area contributed by atoms with Crippen molar-refractivity contribution in [1.82, 2.24) is 0 Å². The minimum Gasteiger partial charge on any atom is -0.0845 e. The molecule has 0 unspecified atom stereocenters. The molecule has 0 heterocycles. The summed E-state index contributed by atoms with van der Waals surface area (Å²) in [5, 5.41) is 0. The third-order valence-corrected chi connectivity index (χ3v) is 5.08. The lowest BCUT2D eigenvalue weighted by Crippen LogP contribution is -1.83. The smallest absolute Gasteiger partial charge is 0.0348 e. The highest BCUT2D eigenvalue weighted by Crippen LogP contribution is 2.13. The molecule has 0 amide bonds. The van der Waals surface area contributed by atoms with Gasteiger partial charge in [0.1, 0.15) is 0 Å². The first-order valence-electron chi connectivity index (χ1n) is 12.2. The van der Waals surface area contributed by atoms with Gasteiger partial charge in [0.25, 0.3) is 0 Å². The molecule has 0 aromatic heterocycles. The van der Waals surface area contributed by atoms with Gasteiger partial charge in [0.15, 0.2) is 0 Å². The molecule has 0 bridgehead atoms. The van der Waals surface area contributed by atoms with Gasteiger partial charge in [-0.25, -0.2) is 0 Å². The summed E-state index contributed by atoms with van der Waals surface area (Å²) in [6.45, 7) is 13.6. The van der Waals surface area contributed by atoms with E-state index < -0.39 is 0 Å². The second-order valence-electron chi connectivity index (χ2n) is 7.89. The summed E-state index contributed by atoms with van der Waals surface area (Å²) in [5.41, 5.74) is 0. The lowest BCUT2D eigenvalue weighted by atomic mass is 10.0. The number of hydrogen-bond acceptors (Lipinski definition) is 0. The van der Waals surface area contributed by atoms with E-state index in [0.717, 1.165) is 12.8 Å². The molecule has 156 valence electrons. The van der Waals surface area contributed by atoms with Crippen LogP contribution >= 0.6 is 0 Å². The lowest BCUT2D eigenvalue weighted by molar-refractivity contribution is 0.533. The van der Waals surface area contributed by atoms with Crippen molar-refractivity contribution in [1.29, 1.82) is 0 Å². The van der Waals surface area contributed by atoms with E-state index in [1.54, 1.807) is 6.08 Å².